The van der Waals surface area contributed by atoms with Gasteiger partial charge in [0.15, 0.2) is 0 Å². The highest BCUT2D eigenvalue weighted by atomic mass is 19.4. The molecule has 2 heterocycles. The third kappa shape index (κ3) is 6.12. The number of halogens is 3. The summed E-state index contributed by atoms with van der Waals surface area (Å²) in [5.74, 6) is -0.716. The van der Waals surface area contributed by atoms with Gasteiger partial charge in [-0.05, 0) is 49.1 Å². The Balaban J connectivity index is 1.44. The van der Waals surface area contributed by atoms with Crippen molar-refractivity contribution in [2.45, 2.75) is 50.6 Å². The maximum Gasteiger partial charge on any atom is 0.416 e. The van der Waals surface area contributed by atoms with Crippen LogP contribution in [0.25, 0.3) is 0 Å². The van der Waals surface area contributed by atoms with Crippen LogP contribution in [0, 0.1) is 11.8 Å². The van der Waals surface area contributed by atoms with E-state index >= 15 is 0 Å². The number of fused-ring (bicyclic) bond motifs is 1. The number of aryl methyl sites for hydroxylation is 1. The number of benzene rings is 2. The van der Waals surface area contributed by atoms with Crippen LogP contribution in [0.2, 0.25) is 0 Å². The summed E-state index contributed by atoms with van der Waals surface area (Å²) in [6.45, 7) is 0. The molecule has 0 radical (unpaired) electrons. The molecule has 1 aliphatic carbocycles. The number of nitrogens with zero attached hydrogens (tertiary/aromatic N) is 2. The van der Waals surface area contributed by atoms with Crippen LogP contribution in [-0.2, 0) is 22.2 Å². The van der Waals surface area contributed by atoms with Crippen LogP contribution in [0.1, 0.15) is 48.1 Å². The van der Waals surface area contributed by atoms with Gasteiger partial charge in [0.25, 0.3) is 5.91 Å². The summed E-state index contributed by atoms with van der Waals surface area (Å²) >= 11 is 0. The molecule has 2 aliphatic rings. The zero-order valence-corrected chi connectivity index (χ0v) is 21.9. The van der Waals surface area contributed by atoms with Gasteiger partial charge in [-0.3, -0.25) is 9.59 Å². The number of furan rings is 1. The molecule has 0 saturated heterocycles. The van der Waals surface area contributed by atoms with Crippen molar-refractivity contribution in [3.63, 3.8) is 0 Å². The summed E-state index contributed by atoms with van der Waals surface area (Å²) in [5, 5.41) is 13.7. The number of benzodiazepines with no additional fused rings is 1. The van der Waals surface area contributed by atoms with Gasteiger partial charge in [-0.25, -0.2) is 4.99 Å². The minimum Gasteiger partial charge on any atom is -0.469 e. The second kappa shape index (κ2) is 11.3. The van der Waals surface area contributed by atoms with E-state index in [1.54, 1.807) is 49.7 Å². The van der Waals surface area contributed by atoms with Crippen LogP contribution >= 0.6 is 0 Å². The maximum absolute atomic E-state index is 13.6. The molecule has 10 heteroatoms. The average molecular weight is 554 g/mol. The fourth-order valence-corrected chi connectivity index (χ4v) is 5.00. The lowest BCUT2D eigenvalue weighted by atomic mass is 9.91. The van der Waals surface area contributed by atoms with Crippen LogP contribution in [0.5, 0.6) is 0 Å². The van der Waals surface area contributed by atoms with Gasteiger partial charge < -0.3 is 19.7 Å². The Morgan fingerprint density at radius 1 is 1.12 bits per heavy atom. The van der Waals surface area contributed by atoms with Crippen LogP contribution in [0.4, 0.5) is 18.9 Å². The molecule has 2 aromatic carbocycles. The maximum atomic E-state index is 13.6. The predicted octanol–water partition coefficient (Wildman–Crippen LogP) is 4.96. The van der Waals surface area contributed by atoms with Crippen molar-refractivity contribution < 1.29 is 32.3 Å². The van der Waals surface area contributed by atoms with Gasteiger partial charge in [0, 0.05) is 24.6 Å². The Kier molecular flexibility index (Phi) is 7.80. The molecule has 1 aromatic heterocycles. The van der Waals surface area contributed by atoms with E-state index in [1.807, 2.05) is 0 Å². The predicted molar refractivity (Wildman–Crippen MR) is 143 cm³/mol. The monoisotopic (exact) mass is 553 g/mol. The Morgan fingerprint density at radius 3 is 2.50 bits per heavy atom. The number of para-hydroxylation sites is 1. The zero-order valence-electron chi connectivity index (χ0n) is 21.9. The van der Waals surface area contributed by atoms with Crippen molar-refractivity contribution in [3.05, 3.63) is 89.4 Å². The number of alkyl halides is 3. The molecule has 1 saturated carbocycles. The number of hydrogen-bond acceptors (Lipinski definition) is 5. The number of anilines is 1. The molecule has 210 valence electrons. The van der Waals surface area contributed by atoms with Gasteiger partial charge in [0.2, 0.25) is 12.1 Å². The van der Waals surface area contributed by atoms with E-state index in [9.17, 15) is 27.9 Å². The molecule has 3 atom stereocenters. The van der Waals surface area contributed by atoms with Gasteiger partial charge in [0.1, 0.15) is 5.76 Å². The standard InChI is InChI=1S/C30H30F3N3O4/c1-36-24-7-3-2-6-22(24)26(19-10-12-20(13-11-19)30(31,32)33)34-27(29(36)39)35-28(38)23(17-18-8-9-18)25(37)15-14-21-5-4-16-40-21/h2-7,10-13,16,18,23,25,27,37H,8-9,14-15,17H2,1H3,(H,35,38)/t23-,25+,27?/m1/s1. The third-order valence-electron chi connectivity index (χ3n) is 7.46. The smallest absolute Gasteiger partial charge is 0.416 e. The minimum atomic E-state index is -4.50. The molecular weight excluding hydrogens is 523 g/mol. The first-order valence-electron chi connectivity index (χ1n) is 13.2. The van der Waals surface area contributed by atoms with Crippen molar-refractivity contribution in [2.75, 3.05) is 11.9 Å². The van der Waals surface area contributed by atoms with E-state index in [0.717, 1.165) is 25.0 Å². The highest BCUT2D eigenvalue weighted by Crippen LogP contribution is 2.37. The fourth-order valence-electron chi connectivity index (χ4n) is 5.00. The highest BCUT2D eigenvalue weighted by Gasteiger charge is 2.37. The van der Waals surface area contributed by atoms with Crippen LogP contribution in [-0.4, -0.2) is 41.9 Å². The molecule has 7 nitrogen and oxygen atoms in total. The van der Waals surface area contributed by atoms with E-state index in [-0.39, 0.29) is 5.71 Å². The lowest BCUT2D eigenvalue weighted by molar-refractivity contribution is -0.137. The lowest BCUT2D eigenvalue weighted by Gasteiger charge is -2.25. The van der Waals surface area contributed by atoms with Crippen LogP contribution < -0.4 is 10.2 Å². The molecule has 1 aliphatic heterocycles. The van der Waals surface area contributed by atoms with E-state index in [4.69, 9.17) is 4.42 Å². The molecule has 1 fully saturated rings. The molecule has 0 spiro atoms. The Bertz CT molecular complexity index is 1380. The van der Waals surface area contributed by atoms with Crippen molar-refractivity contribution in [3.8, 4) is 0 Å². The molecule has 3 aromatic rings. The van der Waals surface area contributed by atoms with Gasteiger partial charge in [-0.2, -0.15) is 13.2 Å². The van der Waals surface area contributed by atoms with Gasteiger partial charge in [0.05, 0.1) is 35.2 Å². The number of nitrogens with one attached hydrogen (secondary N) is 1. The number of amides is 2. The zero-order chi connectivity index (χ0) is 28.4. The van der Waals surface area contributed by atoms with Crippen LogP contribution in [0.15, 0.2) is 76.3 Å². The quantitative estimate of drug-likeness (QED) is 0.392. The Hall–Kier alpha value is -3.92. The number of carbonyl (C=O) groups excluding carboxylic acids is 2. The Morgan fingerprint density at radius 2 is 1.85 bits per heavy atom. The fraction of sp³-hybridized carbons (Fsp3) is 0.367. The van der Waals surface area contributed by atoms with E-state index in [2.05, 4.69) is 10.3 Å². The number of likely N-dealkylation sites (N-methyl/N-ethyl adjacent to an activating group) is 1. The summed E-state index contributed by atoms with van der Waals surface area (Å²) < 4.78 is 44.9. The number of carbonyl (C=O) groups is 2. The average Bonchev–Trinajstić information content (AvgIpc) is 3.63. The number of hydrogen-bond donors (Lipinski definition) is 2. The van der Waals surface area contributed by atoms with E-state index in [0.29, 0.717) is 47.8 Å². The van der Waals surface area contributed by atoms with Gasteiger partial charge >= 0.3 is 6.18 Å². The highest BCUT2D eigenvalue weighted by molar-refractivity contribution is 6.20. The summed E-state index contributed by atoms with van der Waals surface area (Å²) in [5.41, 5.74) is 0.905. The number of aliphatic imine (C=N–C) groups is 1. The van der Waals surface area contributed by atoms with Gasteiger partial charge in [-0.1, -0.05) is 43.2 Å². The van der Waals surface area contributed by atoms with Crippen molar-refractivity contribution in [2.24, 2.45) is 16.8 Å². The molecular formula is C30H30F3N3O4. The topological polar surface area (TPSA) is 95.1 Å². The number of aliphatic hydroxyl groups is 1. The van der Waals surface area contributed by atoms with Crippen molar-refractivity contribution in [1.82, 2.24) is 5.32 Å². The third-order valence-corrected chi connectivity index (χ3v) is 7.46. The largest absolute Gasteiger partial charge is 0.469 e. The second-order valence-corrected chi connectivity index (χ2v) is 10.3. The first-order chi connectivity index (χ1) is 19.1. The summed E-state index contributed by atoms with van der Waals surface area (Å²) in [7, 11) is 1.56. The van der Waals surface area contributed by atoms with Gasteiger partial charge in [-0.15, -0.1) is 0 Å². The Labute approximate surface area is 229 Å². The van der Waals surface area contributed by atoms with Crippen molar-refractivity contribution >= 4 is 23.2 Å². The number of rotatable bonds is 9. The molecule has 0 bridgehead atoms. The second-order valence-electron chi connectivity index (χ2n) is 10.3. The SMILES string of the molecule is CN1C(=O)C(NC(=O)[C@H](CC2CC2)[C@@H](O)CCc2ccco2)N=C(c2ccc(C(F)(F)F)cc2)c2ccccc21. The summed E-state index contributed by atoms with van der Waals surface area (Å²) in [6, 6.07) is 15.0. The number of aliphatic hydroxyl groups excluding tert-OH is 1. The summed E-state index contributed by atoms with van der Waals surface area (Å²) in [4.78, 5) is 33.0. The molecule has 5 rings (SSSR count). The van der Waals surface area contributed by atoms with Crippen molar-refractivity contribution in [1.29, 1.82) is 0 Å². The lowest BCUT2D eigenvalue weighted by Crippen LogP contribution is -2.49. The first-order valence-corrected chi connectivity index (χ1v) is 13.2. The van der Waals surface area contributed by atoms with E-state index in [1.165, 1.54) is 17.0 Å². The van der Waals surface area contributed by atoms with E-state index < -0.39 is 41.7 Å². The summed E-state index contributed by atoms with van der Waals surface area (Å²) in [6.07, 6.45) is -2.03. The molecule has 2 N–H and O–H groups in total. The molecule has 40 heavy (non-hydrogen) atoms. The normalized spacial score (nSPS) is 18.9. The molecule has 1 unspecified atom stereocenters. The first kappa shape index (κ1) is 27.6. The minimum absolute atomic E-state index is 0.282. The molecule has 2 amide bonds. The van der Waals surface area contributed by atoms with Crippen LogP contribution in [0.3, 0.4) is 0 Å².